The summed E-state index contributed by atoms with van der Waals surface area (Å²) in [6.07, 6.45) is 19.3. The molecule has 3 rings (SSSR count). The van der Waals surface area contributed by atoms with Crippen molar-refractivity contribution in [3.8, 4) is 0 Å². The maximum atomic E-state index is 4.13. The van der Waals surface area contributed by atoms with Gasteiger partial charge in [-0.3, -0.25) is 0 Å². The van der Waals surface area contributed by atoms with Crippen LogP contribution in [0.15, 0.2) is 0 Å². The second kappa shape index (κ2) is 7.29. The van der Waals surface area contributed by atoms with Crippen molar-refractivity contribution in [1.29, 1.82) is 0 Å². The van der Waals surface area contributed by atoms with E-state index >= 15 is 0 Å². The van der Waals surface area contributed by atoms with Crippen molar-refractivity contribution in [2.45, 2.75) is 102 Å². The van der Waals surface area contributed by atoms with Gasteiger partial charge in [0.15, 0.2) is 0 Å². The van der Waals surface area contributed by atoms with Crippen LogP contribution in [0.1, 0.15) is 90.4 Å². The van der Waals surface area contributed by atoms with Gasteiger partial charge in [-0.15, -0.1) is 0 Å². The highest BCUT2D eigenvalue weighted by molar-refractivity contribution is 4.89. The summed E-state index contributed by atoms with van der Waals surface area (Å²) in [5.74, 6) is 3.06. The van der Waals surface area contributed by atoms with Crippen LogP contribution in [0.5, 0.6) is 0 Å². The van der Waals surface area contributed by atoms with Crippen molar-refractivity contribution in [3.63, 3.8) is 0 Å². The van der Waals surface area contributed by atoms with Gasteiger partial charge < -0.3 is 5.32 Å². The first-order valence-corrected chi connectivity index (χ1v) is 9.59. The lowest BCUT2D eigenvalue weighted by Gasteiger charge is -2.42. The van der Waals surface area contributed by atoms with E-state index in [0.29, 0.717) is 0 Å². The summed E-state index contributed by atoms with van der Waals surface area (Å²) in [6.45, 7) is 2.43. The molecular weight excluding hydrogens is 242 g/mol. The van der Waals surface area contributed by atoms with E-state index in [1.54, 1.807) is 0 Å². The second-order valence-corrected chi connectivity index (χ2v) is 8.08. The molecule has 1 nitrogen and oxygen atoms in total. The fraction of sp³-hybridized carbons (Fsp3) is 1.00. The third-order valence-corrected chi connectivity index (χ3v) is 6.54. The molecule has 0 heterocycles. The first-order valence-electron chi connectivity index (χ1n) is 9.59. The van der Waals surface area contributed by atoms with Crippen LogP contribution >= 0.6 is 0 Å². The van der Waals surface area contributed by atoms with Gasteiger partial charge in [-0.25, -0.2) is 0 Å². The van der Waals surface area contributed by atoms with E-state index < -0.39 is 0 Å². The summed E-state index contributed by atoms with van der Waals surface area (Å²) in [7, 11) is 0. The Bertz CT molecular complexity index is 273. The average Bonchev–Trinajstić information content (AvgIpc) is 2.51. The third-order valence-electron chi connectivity index (χ3n) is 6.54. The Kier molecular flexibility index (Phi) is 5.42. The van der Waals surface area contributed by atoms with Gasteiger partial charge in [-0.1, -0.05) is 51.9 Å². The molecule has 1 N–H and O–H groups in total. The van der Waals surface area contributed by atoms with Gasteiger partial charge in [0, 0.05) is 12.1 Å². The van der Waals surface area contributed by atoms with Gasteiger partial charge in [0.1, 0.15) is 0 Å². The first-order chi connectivity index (χ1) is 9.83. The predicted molar refractivity (Wildman–Crippen MR) is 86.9 cm³/mol. The molecule has 0 radical (unpaired) electrons. The lowest BCUT2D eigenvalue weighted by atomic mass is 9.70. The SMILES string of the molecule is CC1CCC(NC2CCCCC2C2CCCCC2)CC1. The van der Waals surface area contributed by atoms with E-state index in [2.05, 4.69) is 12.2 Å². The highest BCUT2D eigenvalue weighted by atomic mass is 15.0. The van der Waals surface area contributed by atoms with Gasteiger partial charge in [0.25, 0.3) is 0 Å². The average molecular weight is 277 g/mol. The lowest BCUT2D eigenvalue weighted by molar-refractivity contribution is 0.132. The Morgan fingerprint density at radius 3 is 2.05 bits per heavy atom. The number of nitrogens with one attached hydrogen (secondary N) is 1. The molecule has 116 valence electrons. The number of hydrogen-bond acceptors (Lipinski definition) is 1. The molecule has 3 aliphatic rings. The third kappa shape index (κ3) is 3.78. The predicted octanol–water partition coefficient (Wildman–Crippen LogP) is 5.29. The molecular formula is C19H35N. The van der Waals surface area contributed by atoms with Crippen LogP contribution in [0.25, 0.3) is 0 Å². The second-order valence-electron chi connectivity index (χ2n) is 8.08. The van der Waals surface area contributed by atoms with Gasteiger partial charge in [-0.2, -0.15) is 0 Å². The fourth-order valence-corrected chi connectivity index (χ4v) is 5.22. The van der Waals surface area contributed by atoms with Crippen LogP contribution < -0.4 is 5.32 Å². The Balaban J connectivity index is 1.54. The zero-order valence-corrected chi connectivity index (χ0v) is 13.6. The van der Waals surface area contributed by atoms with Crippen LogP contribution in [0, 0.1) is 17.8 Å². The molecule has 0 aliphatic heterocycles. The van der Waals surface area contributed by atoms with Crippen LogP contribution in [0.3, 0.4) is 0 Å². The maximum absolute atomic E-state index is 4.13. The summed E-state index contributed by atoms with van der Waals surface area (Å²) in [4.78, 5) is 0. The van der Waals surface area contributed by atoms with E-state index in [-0.39, 0.29) is 0 Å². The summed E-state index contributed by atoms with van der Waals surface area (Å²) >= 11 is 0. The van der Waals surface area contributed by atoms with Gasteiger partial charge in [0.2, 0.25) is 0 Å². The van der Waals surface area contributed by atoms with Crippen molar-refractivity contribution >= 4 is 0 Å². The first kappa shape index (κ1) is 14.9. The molecule has 3 aliphatic carbocycles. The van der Waals surface area contributed by atoms with Crippen LogP contribution in [0.4, 0.5) is 0 Å². The Labute approximate surface area is 126 Å². The van der Waals surface area contributed by atoms with E-state index in [0.717, 1.165) is 29.8 Å². The molecule has 0 bridgehead atoms. The zero-order chi connectivity index (χ0) is 13.8. The highest BCUT2D eigenvalue weighted by Gasteiger charge is 2.33. The monoisotopic (exact) mass is 277 g/mol. The summed E-state index contributed by atoms with van der Waals surface area (Å²) in [5, 5.41) is 4.13. The van der Waals surface area contributed by atoms with E-state index in [4.69, 9.17) is 0 Å². The topological polar surface area (TPSA) is 12.0 Å². The molecule has 3 fully saturated rings. The zero-order valence-electron chi connectivity index (χ0n) is 13.6. The minimum atomic E-state index is 0.848. The molecule has 2 atom stereocenters. The van der Waals surface area contributed by atoms with Crippen LogP contribution in [-0.2, 0) is 0 Å². The van der Waals surface area contributed by atoms with Crippen LogP contribution in [0.2, 0.25) is 0 Å². The molecule has 0 aromatic carbocycles. The molecule has 0 amide bonds. The van der Waals surface area contributed by atoms with Crippen molar-refractivity contribution < 1.29 is 0 Å². The van der Waals surface area contributed by atoms with Crippen molar-refractivity contribution in [3.05, 3.63) is 0 Å². The van der Waals surface area contributed by atoms with Gasteiger partial charge in [-0.05, 0) is 56.3 Å². The van der Waals surface area contributed by atoms with E-state index in [1.165, 1.54) is 83.5 Å². The van der Waals surface area contributed by atoms with Gasteiger partial charge >= 0.3 is 0 Å². The summed E-state index contributed by atoms with van der Waals surface area (Å²) < 4.78 is 0. The van der Waals surface area contributed by atoms with Crippen molar-refractivity contribution in [2.24, 2.45) is 17.8 Å². The molecule has 2 unspecified atom stereocenters. The summed E-state index contributed by atoms with van der Waals surface area (Å²) in [6, 6.07) is 1.71. The minimum Gasteiger partial charge on any atom is -0.311 e. The van der Waals surface area contributed by atoms with Crippen molar-refractivity contribution in [2.75, 3.05) is 0 Å². The largest absolute Gasteiger partial charge is 0.311 e. The smallest absolute Gasteiger partial charge is 0.0101 e. The van der Waals surface area contributed by atoms with Gasteiger partial charge in [0.05, 0.1) is 0 Å². The Morgan fingerprint density at radius 2 is 1.30 bits per heavy atom. The van der Waals surface area contributed by atoms with Crippen molar-refractivity contribution in [1.82, 2.24) is 5.32 Å². The fourth-order valence-electron chi connectivity index (χ4n) is 5.22. The standard InChI is InChI=1S/C19H35N/c1-15-11-13-17(14-12-15)20-19-10-6-5-9-18(19)16-7-3-2-4-8-16/h15-20H,2-14H2,1H3. The molecule has 0 saturated heterocycles. The molecule has 3 saturated carbocycles. The van der Waals surface area contributed by atoms with E-state index in [9.17, 15) is 0 Å². The Morgan fingerprint density at radius 1 is 0.650 bits per heavy atom. The quantitative estimate of drug-likeness (QED) is 0.738. The molecule has 1 heteroatoms. The normalized spacial score (nSPS) is 40.6. The number of rotatable bonds is 3. The minimum absolute atomic E-state index is 0.848. The molecule has 0 spiro atoms. The molecule has 20 heavy (non-hydrogen) atoms. The van der Waals surface area contributed by atoms with E-state index in [1.807, 2.05) is 0 Å². The lowest BCUT2D eigenvalue weighted by Crippen LogP contribution is -2.47. The molecule has 0 aromatic rings. The van der Waals surface area contributed by atoms with Crippen LogP contribution in [-0.4, -0.2) is 12.1 Å². The molecule has 0 aromatic heterocycles. The number of hydrogen-bond donors (Lipinski definition) is 1. The summed E-state index contributed by atoms with van der Waals surface area (Å²) in [5.41, 5.74) is 0. The highest BCUT2D eigenvalue weighted by Crippen LogP contribution is 2.39. The maximum Gasteiger partial charge on any atom is 0.0101 e. The Hall–Kier alpha value is -0.0400.